The highest BCUT2D eigenvalue weighted by Gasteiger charge is 2.11. The predicted octanol–water partition coefficient (Wildman–Crippen LogP) is 3.97. The van der Waals surface area contributed by atoms with E-state index in [1.807, 2.05) is 19.1 Å². The van der Waals surface area contributed by atoms with E-state index in [1.54, 1.807) is 13.1 Å². The van der Waals surface area contributed by atoms with Crippen LogP contribution in [0.2, 0.25) is 0 Å². The number of hydrogen-bond donors (Lipinski definition) is 3. The van der Waals surface area contributed by atoms with Crippen LogP contribution in [-0.4, -0.2) is 39.2 Å². The molecule has 0 aliphatic carbocycles. The Morgan fingerprint density at radius 3 is 2.55 bits per heavy atom. The number of aromatic nitrogens is 1. The number of aromatic amines is 1. The van der Waals surface area contributed by atoms with Crippen LogP contribution in [0.4, 0.5) is 0 Å². The molecule has 0 saturated heterocycles. The average molecular weight is 554 g/mol. The number of fused-ring (bicyclic) bond motifs is 1. The van der Waals surface area contributed by atoms with Gasteiger partial charge in [0.2, 0.25) is 0 Å². The van der Waals surface area contributed by atoms with Crippen LogP contribution in [0.5, 0.6) is 0 Å². The molecule has 0 atom stereocenters. The first-order valence-electron chi connectivity index (χ1n) is 10.2. The number of guanidine groups is 1. The first-order chi connectivity index (χ1) is 14.3. The molecule has 1 aromatic heterocycles. The number of nitrogens with one attached hydrogen (secondary N) is 3. The number of rotatable bonds is 7. The number of aliphatic imine (C=N–C) groups is 1. The third-order valence-corrected chi connectivity index (χ3v) is 6.53. The molecule has 0 fully saturated rings. The van der Waals surface area contributed by atoms with E-state index in [1.165, 1.54) is 28.3 Å². The molecular formula is C23H31IN4O2S. The molecule has 6 nitrogen and oxygen atoms in total. The van der Waals surface area contributed by atoms with Gasteiger partial charge in [-0.1, -0.05) is 37.3 Å². The minimum atomic E-state index is -3.20. The third-order valence-electron chi connectivity index (χ3n) is 5.28. The predicted molar refractivity (Wildman–Crippen MR) is 139 cm³/mol. The van der Waals surface area contributed by atoms with Gasteiger partial charge in [0.15, 0.2) is 15.8 Å². The van der Waals surface area contributed by atoms with Gasteiger partial charge < -0.3 is 15.6 Å². The van der Waals surface area contributed by atoms with Crippen molar-refractivity contribution in [1.29, 1.82) is 0 Å². The van der Waals surface area contributed by atoms with Gasteiger partial charge >= 0.3 is 0 Å². The number of sulfone groups is 1. The van der Waals surface area contributed by atoms with E-state index in [9.17, 15) is 8.42 Å². The van der Waals surface area contributed by atoms with Gasteiger partial charge in [0, 0.05) is 43.5 Å². The molecule has 0 amide bonds. The summed E-state index contributed by atoms with van der Waals surface area (Å²) in [5.74, 6) is 0.717. The zero-order valence-electron chi connectivity index (χ0n) is 18.5. The topological polar surface area (TPSA) is 86.3 Å². The quantitative estimate of drug-likeness (QED) is 0.235. The summed E-state index contributed by atoms with van der Waals surface area (Å²) in [7, 11) is -1.46. The lowest BCUT2D eigenvalue weighted by molar-refractivity contribution is 0.601. The van der Waals surface area contributed by atoms with Gasteiger partial charge in [-0.2, -0.15) is 0 Å². The molecule has 1 heterocycles. The summed E-state index contributed by atoms with van der Waals surface area (Å²) in [6.45, 7) is 5.31. The molecule has 2 aromatic carbocycles. The molecule has 0 bridgehead atoms. The summed E-state index contributed by atoms with van der Waals surface area (Å²) in [6.07, 6.45) is 5.22. The van der Waals surface area contributed by atoms with Crippen LogP contribution in [0.15, 0.2) is 52.5 Å². The van der Waals surface area contributed by atoms with Crippen LogP contribution in [0, 0.1) is 6.92 Å². The Labute approximate surface area is 201 Å². The van der Waals surface area contributed by atoms with Gasteiger partial charge in [-0.05, 0) is 48.1 Å². The zero-order valence-corrected chi connectivity index (χ0v) is 21.6. The first kappa shape index (κ1) is 25.2. The van der Waals surface area contributed by atoms with Crippen molar-refractivity contribution in [3.63, 3.8) is 0 Å². The lowest BCUT2D eigenvalue weighted by Gasteiger charge is -2.13. The monoisotopic (exact) mass is 554 g/mol. The van der Waals surface area contributed by atoms with Crippen LogP contribution in [0.3, 0.4) is 0 Å². The van der Waals surface area contributed by atoms with E-state index in [2.05, 4.69) is 51.9 Å². The third kappa shape index (κ3) is 6.22. The van der Waals surface area contributed by atoms with Crippen LogP contribution in [-0.2, 0) is 29.2 Å². The van der Waals surface area contributed by atoms with E-state index in [0.29, 0.717) is 17.4 Å². The number of H-pyrrole nitrogens is 1. The van der Waals surface area contributed by atoms with Crippen molar-refractivity contribution in [2.45, 2.75) is 38.1 Å². The van der Waals surface area contributed by atoms with Crippen molar-refractivity contribution in [3.05, 3.63) is 64.8 Å². The van der Waals surface area contributed by atoms with Crippen molar-refractivity contribution in [3.8, 4) is 0 Å². The highest BCUT2D eigenvalue weighted by Crippen LogP contribution is 2.22. The average Bonchev–Trinajstić information content (AvgIpc) is 3.12. The molecule has 3 N–H and O–H groups in total. The Bertz CT molecular complexity index is 1170. The van der Waals surface area contributed by atoms with Crippen molar-refractivity contribution < 1.29 is 8.42 Å². The first-order valence-corrected chi connectivity index (χ1v) is 12.0. The molecule has 8 heteroatoms. The van der Waals surface area contributed by atoms with Gasteiger partial charge in [0.05, 0.1) is 4.90 Å². The molecule has 3 aromatic rings. The minimum absolute atomic E-state index is 0. The number of aryl methyl sites for hydroxylation is 2. The number of nitrogens with zero attached hydrogens (tertiary/aromatic N) is 1. The van der Waals surface area contributed by atoms with Gasteiger partial charge in [-0.15, -0.1) is 24.0 Å². The van der Waals surface area contributed by atoms with Crippen molar-refractivity contribution in [2.75, 3.05) is 19.8 Å². The second-order valence-electron chi connectivity index (χ2n) is 7.48. The maximum atomic E-state index is 11.8. The lowest BCUT2D eigenvalue weighted by Crippen LogP contribution is -2.37. The highest BCUT2D eigenvalue weighted by molar-refractivity contribution is 14.0. The SMILES string of the molecule is CCc1cccc2c(CCNC(=NC)NCc3ccc(S(C)(=O)=O)c(C)c3)c[nH]c12.I. The van der Waals surface area contributed by atoms with E-state index < -0.39 is 9.84 Å². The Morgan fingerprint density at radius 1 is 1.13 bits per heavy atom. The maximum Gasteiger partial charge on any atom is 0.191 e. The lowest BCUT2D eigenvalue weighted by atomic mass is 10.1. The Hall–Kier alpha value is -2.07. The maximum absolute atomic E-state index is 11.8. The normalized spacial score (nSPS) is 11.9. The Balaban J connectivity index is 0.00000341. The summed E-state index contributed by atoms with van der Waals surface area (Å²) < 4.78 is 23.5. The molecule has 0 aliphatic rings. The molecular weight excluding hydrogens is 523 g/mol. The molecule has 0 aliphatic heterocycles. The molecule has 168 valence electrons. The van der Waals surface area contributed by atoms with E-state index >= 15 is 0 Å². The number of para-hydroxylation sites is 1. The van der Waals surface area contributed by atoms with Gasteiger partial charge in [-0.3, -0.25) is 4.99 Å². The van der Waals surface area contributed by atoms with Crippen molar-refractivity contribution in [2.24, 2.45) is 4.99 Å². The Kier molecular flexibility index (Phi) is 8.93. The van der Waals surface area contributed by atoms with Gasteiger partial charge in [0.1, 0.15) is 0 Å². The molecule has 0 unspecified atom stereocenters. The number of hydrogen-bond acceptors (Lipinski definition) is 3. The van der Waals surface area contributed by atoms with Crippen LogP contribution < -0.4 is 10.6 Å². The van der Waals surface area contributed by atoms with Crippen LogP contribution in [0.25, 0.3) is 10.9 Å². The fraction of sp³-hybridized carbons (Fsp3) is 0.348. The van der Waals surface area contributed by atoms with Gasteiger partial charge in [-0.25, -0.2) is 8.42 Å². The minimum Gasteiger partial charge on any atom is -0.361 e. The molecule has 31 heavy (non-hydrogen) atoms. The fourth-order valence-corrected chi connectivity index (χ4v) is 4.70. The standard InChI is InChI=1S/C23H30N4O2S.HI/c1-5-18-7-6-8-20-19(15-26-22(18)20)11-12-25-23(24-3)27-14-17-9-10-21(16(2)13-17)30(4,28)29;/h6-10,13,15,26H,5,11-12,14H2,1-4H3,(H2,24,25,27);1H. The van der Waals surface area contributed by atoms with Crippen LogP contribution >= 0.6 is 24.0 Å². The largest absolute Gasteiger partial charge is 0.361 e. The highest BCUT2D eigenvalue weighted by atomic mass is 127. The summed E-state index contributed by atoms with van der Waals surface area (Å²) in [5, 5.41) is 7.92. The summed E-state index contributed by atoms with van der Waals surface area (Å²) >= 11 is 0. The van der Waals surface area contributed by atoms with E-state index in [-0.39, 0.29) is 24.0 Å². The summed E-state index contributed by atoms with van der Waals surface area (Å²) in [6, 6.07) is 11.8. The second kappa shape index (κ2) is 11.0. The number of halogens is 1. The van der Waals surface area contributed by atoms with E-state index in [0.717, 1.165) is 30.5 Å². The second-order valence-corrected chi connectivity index (χ2v) is 9.47. The van der Waals surface area contributed by atoms with Crippen LogP contribution in [0.1, 0.15) is 29.2 Å². The molecule has 0 saturated carbocycles. The summed E-state index contributed by atoms with van der Waals surface area (Å²) in [4.78, 5) is 8.07. The van der Waals surface area contributed by atoms with Crippen molar-refractivity contribution in [1.82, 2.24) is 15.6 Å². The van der Waals surface area contributed by atoms with Gasteiger partial charge in [0.25, 0.3) is 0 Å². The molecule has 0 radical (unpaired) electrons. The molecule has 0 spiro atoms. The molecule has 3 rings (SSSR count). The number of benzene rings is 2. The summed E-state index contributed by atoms with van der Waals surface area (Å²) in [5.41, 5.74) is 5.61. The Morgan fingerprint density at radius 2 is 1.90 bits per heavy atom. The smallest absolute Gasteiger partial charge is 0.191 e. The fourth-order valence-electron chi connectivity index (χ4n) is 3.74. The van der Waals surface area contributed by atoms with Crippen molar-refractivity contribution >= 4 is 50.7 Å². The zero-order chi connectivity index (χ0) is 21.7. The van der Waals surface area contributed by atoms with E-state index in [4.69, 9.17) is 0 Å².